The van der Waals surface area contributed by atoms with E-state index in [2.05, 4.69) is 22.1 Å². The first-order valence-electron chi connectivity index (χ1n) is 4.23. The van der Waals surface area contributed by atoms with Crippen LogP contribution in [0.3, 0.4) is 0 Å². The van der Waals surface area contributed by atoms with Crippen molar-refractivity contribution < 1.29 is 9.18 Å². The fourth-order valence-corrected chi connectivity index (χ4v) is 1.12. The molecular formula is C8H9FN4O. The molecule has 0 saturated heterocycles. The van der Waals surface area contributed by atoms with Gasteiger partial charge in [-0.15, -0.1) is 10.2 Å². The van der Waals surface area contributed by atoms with Crippen molar-refractivity contribution in [1.29, 1.82) is 0 Å². The van der Waals surface area contributed by atoms with Gasteiger partial charge in [-0.2, -0.15) is 0 Å². The minimum absolute atomic E-state index is 0.274. The molecule has 6 heteroatoms. The molecule has 1 amide bonds. The number of anilines is 1. The molecule has 0 atom stereocenters. The molecule has 0 bridgehead atoms. The minimum atomic E-state index is -1.03. The Kier molecular flexibility index (Phi) is 2.03. The predicted octanol–water partition coefficient (Wildman–Crippen LogP) is 1.03. The first-order chi connectivity index (χ1) is 6.68. The van der Waals surface area contributed by atoms with Crippen LogP contribution in [-0.2, 0) is 4.79 Å². The zero-order valence-corrected chi connectivity index (χ0v) is 7.40. The third-order valence-electron chi connectivity index (χ3n) is 1.99. The molecule has 5 nitrogen and oxygen atoms in total. The van der Waals surface area contributed by atoms with Crippen molar-refractivity contribution in [1.82, 2.24) is 14.8 Å². The lowest BCUT2D eigenvalue weighted by atomic mass is 10.5. The lowest BCUT2D eigenvalue weighted by molar-refractivity contribution is -0.114. The summed E-state index contributed by atoms with van der Waals surface area (Å²) in [4.78, 5) is 10.9. The molecule has 1 N–H and O–H groups in total. The Labute approximate surface area is 79.6 Å². The average molecular weight is 196 g/mol. The maximum atomic E-state index is 12.4. The Hall–Kier alpha value is -1.72. The van der Waals surface area contributed by atoms with E-state index < -0.39 is 11.7 Å². The average Bonchev–Trinajstić information content (AvgIpc) is 2.88. The molecule has 74 valence electrons. The third-order valence-corrected chi connectivity index (χ3v) is 1.99. The van der Waals surface area contributed by atoms with Crippen LogP contribution in [0.2, 0.25) is 0 Å². The summed E-state index contributed by atoms with van der Waals surface area (Å²) >= 11 is 0. The van der Waals surface area contributed by atoms with Gasteiger partial charge in [-0.1, -0.05) is 6.58 Å². The van der Waals surface area contributed by atoms with Crippen LogP contribution in [0.1, 0.15) is 18.9 Å². The highest BCUT2D eigenvalue weighted by Gasteiger charge is 2.26. The molecule has 0 spiro atoms. The molecule has 0 aromatic carbocycles. The van der Waals surface area contributed by atoms with Crippen LogP contribution in [-0.4, -0.2) is 20.7 Å². The molecule has 14 heavy (non-hydrogen) atoms. The Morgan fingerprint density at radius 3 is 3.00 bits per heavy atom. The van der Waals surface area contributed by atoms with Gasteiger partial charge < -0.3 is 0 Å². The highest BCUT2D eigenvalue weighted by Crippen LogP contribution is 2.36. The van der Waals surface area contributed by atoms with Gasteiger partial charge in [-0.05, 0) is 12.8 Å². The Bertz CT molecular complexity index is 382. The van der Waals surface area contributed by atoms with E-state index in [1.807, 2.05) is 0 Å². The normalized spacial score (nSPS) is 15.2. The van der Waals surface area contributed by atoms with E-state index in [4.69, 9.17) is 0 Å². The van der Waals surface area contributed by atoms with Crippen molar-refractivity contribution in [2.24, 2.45) is 0 Å². The maximum absolute atomic E-state index is 12.4. The Morgan fingerprint density at radius 2 is 2.43 bits per heavy atom. The summed E-state index contributed by atoms with van der Waals surface area (Å²) in [5.41, 5.74) is 0. The van der Waals surface area contributed by atoms with Crippen LogP contribution in [0.15, 0.2) is 18.7 Å². The van der Waals surface area contributed by atoms with E-state index in [0.717, 1.165) is 12.8 Å². The molecule has 1 saturated carbocycles. The van der Waals surface area contributed by atoms with E-state index in [1.165, 1.54) is 6.33 Å². The number of carbonyl (C=O) groups excluding carboxylic acids is 1. The minimum Gasteiger partial charge on any atom is -0.297 e. The van der Waals surface area contributed by atoms with E-state index in [-0.39, 0.29) is 5.95 Å². The topological polar surface area (TPSA) is 59.8 Å². The molecular weight excluding hydrogens is 187 g/mol. The summed E-state index contributed by atoms with van der Waals surface area (Å²) in [6, 6.07) is 0.341. The van der Waals surface area contributed by atoms with Crippen LogP contribution < -0.4 is 5.32 Å². The van der Waals surface area contributed by atoms with Crippen LogP contribution in [0.25, 0.3) is 0 Å². The van der Waals surface area contributed by atoms with Gasteiger partial charge in [-0.3, -0.25) is 14.7 Å². The van der Waals surface area contributed by atoms with E-state index in [9.17, 15) is 9.18 Å². The molecule has 1 aromatic rings. The highest BCUT2D eigenvalue weighted by atomic mass is 19.1. The van der Waals surface area contributed by atoms with Gasteiger partial charge in [0.2, 0.25) is 5.95 Å². The van der Waals surface area contributed by atoms with Crippen LogP contribution in [0, 0.1) is 0 Å². The maximum Gasteiger partial charge on any atom is 0.286 e. The zero-order valence-electron chi connectivity index (χ0n) is 7.40. The Morgan fingerprint density at radius 1 is 1.71 bits per heavy atom. The molecule has 0 aliphatic heterocycles. The van der Waals surface area contributed by atoms with Crippen molar-refractivity contribution in [3.8, 4) is 0 Å². The number of nitrogens with one attached hydrogen (secondary N) is 1. The predicted molar refractivity (Wildman–Crippen MR) is 47.2 cm³/mol. The van der Waals surface area contributed by atoms with Gasteiger partial charge in [0.15, 0.2) is 5.83 Å². The summed E-state index contributed by atoms with van der Waals surface area (Å²) in [7, 11) is 0. The van der Waals surface area contributed by atoms with Gasteiger partial charge >= 0.3 is 0 Å². The van der Waals surface area contributed by atoms with Gasteiger partial charge in [0.25, 0.3) is 5.91 Å². The lowest BCUT2D eigenvalue weighted by Crippen LogP contribution is -2.15. The van der Waals surface area contributed by atoms with Crippen LogP contribution >= 0.6 is 0 Å². The summed E-state index contributed by atoms with van der Waals surface area (Å²) in [6.07, 6.45) is 3.60. The van der Waals surface area contributed by atoms with Crippen LogP contribution in [0.4, 0.5) is 10.3 Å². The van der Waals surface area contributed by atoms with Gasteiger partial charge in [-0.25, -0.2) is 4.39 Å². The number of halogens is 1. The van der Waals surface area contributed by atoms with Crippen molar-refractivity contribution in [3.63, 3.8) is 0 Å². The monoisotopic (exact) mass is 196 g/mol. The number of hydrogen-bond donors (Lipinski definition) is 1. The van der Waals surface area contributed by atoms with E-state index in [1.54, 1.807) is 4.57 Å². The molecule has 2 rings (SSSR count). The number of amides is 1. The number of aromatic nitrogens is 3. The van der Waals surface area contributed by atoms with Gasteiger partial charge in [0.05, 0.1) is 0 Å². The summed E-state index contributed by atoms with van der Waals surface area (Å²) in [5, 5.41) is 9.60. The first-order valence-corrected chi connectivity index (χ1v) is 4.23. The van der Waals surface area contributed by atoms with Crippen molar-refractivity contribution in [3.05, 3.63) is 18.7 Å². The SMILES string of the molecule is C=C(F)C(=O)Nc1nncn1C1CC1. The lowest BCUT2D eigenvalue weighted by Gasteiger charge is -2.04. The molecule has 1 aliphatic rings. The standard InChI is InChI=1S/C8H9FN4O/c1-5(9)7(14)11-8-12-10-4-13(8)6-2-3-6/h4,6H,1-3H2,(H,11,12,14). The van der Waals surface area contributed by atoms with Gasteiger partial charge in [0.1, 0.15) is 6.33 Å². The second-order valence-electron chi connectivity index (χ2n) is 3.15. The molecule has 0 unspecified atom stereocenters. The first kappa shape index (κ1) is 8.86. The largest absolute Gasteiger partial charge is 0.297 e. The second kappa shape index (κ2) is 3.21. The zero-order chi connectivity index (χ0) is 10.1. The number of carbonyl (C=O) groups is 1. The Balaban J connectivity index is 2.12. The van der Waals surface area contributed by atoms with E-state index >= 15 is 0 Å². The van der Waals surface area contributed by atoms with Crippen molar-refractivity contribution in [2.45, 2.75) is 18.9 Å². The summed E-state index contributed by atoms with van der Waals surface area (Å²) in [6.45, 7) is 2.89. The molecule has 1 aliphatic carbocycles. The number of nitrogens with zero attached hydrogens (tertiary/aromatic N) is 3. The fraction of sp³-hybridized carbons (Fsp3) is 0.375. The smallest absolute Gasteiger partial charge is 0.286 e. The molecule has 1 aromatic heterocycles. The fourth-order valence-electron chi connectivity index (χ4n) is 1.12. The summed E-state index contributed by atoms with van der Waals surface area (Å²) < 4.78 is 14.1. The van der Waals surface area contributed by atoms with Crippen LogP contribution in [0.5, 0.6) is 0 Å². The third kappa shape index (κ3) is 1.63. The molecule has 1 fully saturated rings. The highest BCUT2D eigenvalue weighted by molar-refractivity contribution is 6.00. The number of rotatable bonds is 3. The molecule has 0 radical (unpaired) electrons. The summed E-state index contributed by atoms with van der Waals surface area (Å²) in [5.74, 6) is -1.63. The second-order valence-corrected chi connectivity index (χ2v) is 3.15. The van der Waals surface area contributed by atoms with Crippen molar-refractivity contribution >= 4 is 11.9 Å². The quantitative estimate of drug-likeness (QED) is 0.734. The van der Waals surface area contributed by atoms with Gasteiger partial charge in [0, 0.05) is 6.04 Å². The van der Waals surface area contributed by atoms with Crippen molar-refractivity contribution in [2.75, 3.05) is 5.32 Å². The number of hydrogen-bond acceptors (Lipinski definition) is 3. The molecule has 1 heterocycles. The van der Waals surface area contributed by atoms with E-state index in [0.29, 0.717) is 6.04 Å².